The van der Waals surface area contributed by atoms with E-state index in [0.29, 0.717) is 5.76 Å². The van der Waals surface area contributed by atoms with Gasteiger partial charge in [-0.25, -0.2) is 4.99 Å². The Labute approximate surface area is 135 Å². The zero-order valence-electron chi connectivity index (χ0n) is 14.7. The molecule has 0 aromatic heterocycles. The van der Waals surface area contributed by atoms with Crippen molar-refractivity contribution in [2.75, 3.05) is 19.1 Å². The summed E-state index contributed by atoms with van der Waals surface area (Å²) >= 11 is 0. The predicted octanol–water partition coefficient (Wildman–Crippen LogP) is 5.00. The van der Waals surface area contributed by atoms with Gasteiger partial charge in [0.05, 0.1) is 7.11 Å². The number of rotatable bonds is 6. The second-order valence-corrected chi connectivity index (χ2v) is 5.34. The van der Waals surface area contributed by atoms with Crippen LogP contribution in [-0.4, -0.2) is 20.0 Å². The SMILES string of the molecule is C=C(/C=C(\CC)N=C(CC)N(C)c1c(C)cccc1C)OC. The van der Waals surface area contributed by atoms with Gasteiger partial charge in [0.2, 0.25) is 0 Å². The molecule has 0 fully saturated rings. The number of anilines is 1. The molecular formula is C19H28N2O. The molecule has 0 radical (unpaired) electrons. The number of ether oxygens (including phenoxy) is 1. The van der Waals surface area contributed by atoms with Gasteiger partial charge in [-0.2, -0.15) is 0 Å². The number of allylic oxidation sites excluding steroid dienone is 2. The number of hydrogen-bond donors (Lipinski definition) is 0. The summed E-state index contributed by atoms with van der Waals surface area (Å²) in [7, 11) is 3.70. The Balaban J connectivity index is 3.21. The largest absolute Gasteiger partial charge is 0.497 e. The summed E-state index contributed by atoms with van der Waals surface area (Å²) in [4.78, 5) is 7.01. The minimum Gasteiger partial charge on any atom is -0.497 e. The van der Waals surface area contributed by atoms with Crippen molar-refractivity contribution in [1.29, 1.82) is 0 Å². The maximum atomic E-state index is 5.13. The number of aliphatic imine (C=N–C) groups is 1. The molecule has 3 heteroatoms. The highest BCUT2D eigenvalue weighted by Gasteiger charge is 2.12. The summed E-state index contributed by atoms with van der Waals surface area (Å²) in [6, 6.07) is 6.36. The Bertz CT molecular complexity index is 565. The molecule has 0 aliphatic carbocycles. The van der Waals surface area contributed by atoms with E-state index in [2.05, 4.69) is 64.4 Å². The summed E-state index contributed by atoms with van der Waals surface area (Å²) < 4.78 is 5.13. The lowest BCUT2D eigenvalue weighted by molar-refractivity contribution is 0.308. The minimum absolute atomic E-state index is 0.630. The fourth-order valence-corrected chi connectivity index (χ4v) is 2.48. The van der Waals surface area contributed by atoms with E-state index < -0.39 is 0 Å². The number of methoxy groups -OCH3 is 1. The molecule has 0 spiro atoms. The molecule has 22 heavy (non-hydrogen) atoms. The number of nitrogens with zero attached hydrogens (tertiary/aromatic N) is 2. The van der Waals surface area contributed by atoms with Gasteiger partial charge in [-0.1, -0.05) is 38.6 Å². The molecule has 0 aliphatic rings. The first-order valence-electron chi connectivity index (χ1n) is 7.75. The molecule has 0 unspecified atom stereocenters. The van der Waals surface area contributed by atoms with Gasteiger partial charge in [0.25, 0.3) is 0 Å². The predicted molar refractivity (Wildman–Crippen MR) is 96.6 cm³/mol. The van der Waals surface area contributed by atoms with Crippen LogP contribution in [0.3, 0.4) is 0 Å². The molecule has 0 saturated carbocycles. The summed E-state index contributed by atoms with van der Waals surface area (Å²) in [6.07, 6.45) is 3.60. The van der Waals surface area contributed by atoms with E-state index >= 15 is 0 Å². The number of aryl methyl sites for hydroxylation is 2. The third-order valence-corrected chi connectivity index (χ3v) is 3.70. The molecule has 3 nitrogen and oxygen atoms in total. The topological polar surface area (TPSA) is 24.8 Å². The van der Waals surface area contributed by atoms with Crippen molar-refractivity contribution >= 4 is 11.5 Å². The second-order valence-electron chi connectivity index (χ2n) is 5.34. The van der Waals surface area contributed by atoms with Crippen molar-refractivity contribution in [2.24, 2.45) is 4.99 Å². The molecule has 120 valence electrons. The first-order chi connectivity index (χ1) is 10.4. The lowest BCUT2D eigenvalue weighted by Gasteiger charge is -2.25. The van der Waals surface area contributed by atoms with Gasteiger partial charge in [0.15, 0.2) is 0 Å². The highest BCUT2D eigenvalue weighted by molar-refractivity contribution is 5.99. The number of benzene rings is 1. The lowest BCUT2D eigenvalue weighted by Crippen LogP contribution is -2.27. The summed E-state index contributed by atoms with van der Waals surface area (Å²) in [6.45, 7) is 12.3. The highest BCUT2D eigenvalue weighted by Crippen LogP contribution is 2.25. The molecule has 0 N–H and O–H groups in total. The maximum absolute atomic E-state index is 5.13. The van der Waals surface area contributed by atoms with Crippen LogP contribution in [0.4, 0.5) is 5.69 Å². The zero-order valence-corrected chi connectivity index (χ0v) is 14.7. The third-order valence-electron chi connectivity index (χ3n) is 3.70. The molecule has 1 aromatic carbocycles. The van der Waals surface area contributed by atoms with E-state index in [0.717, 1.165) is 24.4 Å². The van der Waals surface area contributed by atoms with Gasteiger partial charge in [-0.15, -0.1) is 0 Å². The Kier molecular flexibility index (Phi) is 6.90. The van der Waals surface area contributed by atoms with Crippen molar-refractivity contribution in [3.63, 3.8) is 0 Å². The molecule has 0 aliphatic heterocycles. The minimum atomic E-state index is 0.630. The van der Waals surface area contributed by atoms with Crippen molar-refractivity contribution < 1.29 is 4.74 Å². The van der Waals surface area contributed by atoms with E-state index in [1.165, 1.54) is 16.8 Å². The monoisotopic (exact) mass is 300 g/mol. The first-order valence-corrected chi connectivity index (χ1v) is 7.75. The smallest absolute Gasteiger partial charge is 0.113 e. The molecule has 0 heterocycles. The van der Waals surface area contributed by atoms with Crippen LogP contribution in [0, 0.1) is 13.8 Å². The average molecular weight is 300 g/mol. The molecule has 0 atom stereocenters. The molecule has 1 rings (SSSR count). The van der Waals surface area contributed by atoms with Crippen LogP contribution < -0.4 is 4.90 Å². The molecular weight excluding hydrogens is 272 g/mol. The number of amidine groups is 1. The van der Waals surface area contributed by atoms with E-state index in [4.69, 9.17) is 9.73 Å². The Morgan fingerprint density at radius 2 is 1.82 bits per heavy atom. The van der Waals surface area contributed by atoms with Crippen molar-refractivity contribution in [3.8, 4) is 0 Å². The van der Waals surface area contributed by atoms with Crippen LogP contribution in [0.15, 0.2) is 47.3 Å². The van der Waals surface area contributed by atoms with Gasteiger partial charge in [-0.05, 0) is 31.4 Å². The van der Waals surface area contributed by atoms with E-state index in [1.807, 2.05) is 6.08 Å². The van der Waals surface area contributed by atoms with Crippen LogP contribution in [0.25, 0.3) is 0 Å². The van der Waals surface area contributed by atoms with Crippen LogP contribution in [-0.2, 0) is 4.74 Å². The second kappa shape index (κ2) is 8.42. The summed E-state index contributed by atoms with van der Waals surface area (Å²) in [5.74, 6) is 1.67. The van der Waals surface area contributed by atoms with Gasteiger partial charge >= 0.3 is 0 Å². The van der Waals surface area contributed by atoms with E-state index in [1.54, 1.807) is 7.11 Å². The number of para-hydroxylation sites is 1. The molecule has 0 amide bonds. The van der Waals surface area contributed by atoms with E-state index in [-0.39, 0.29) is 0 Å². The van der Waals surface area contributed by atoms with Crippen molar-refractivity contribution in [3.05, 3.63) is 53.4 Å². The Morgan fingerprint density at radius 1 is 1.23 bits per heavy atom. The van der Waals surface area contributed by atoms with Gasteiger partial charge < -0.3 is 9.64 Å². The standard InChI is InChI=1S/C19H28N2O/c1-8-17(13-16(5)22-7)20-18(9-2)21(6)19-14(3)11-10-12-15(19)4/h10-13H,5,8-9H2,1-4,6-7H3/b17-13+,20-18?. The highest BCUT2D eigenvalue weighted by atomic mass is 16.5. The van der Waals surface area contributed by atoms with Crippen LogP contribution >= 0.6 is 0 Å². The summed E-state index contributed by atoms with van der Waals surface area (Å²) in [5.41, 5.74) is 4.71. The summed E-state index contributed by atoms with van der Waals surface area (Å²) in [5, 5.41) is 0. The molecule has 0 bridgehead atoms. The molecule has 0 saturated heterocycles. The van der Waals surface area contributed by atoms with Crippen molar-refractivity contribution in [1.82, 2.24) is 0 Å². The number of hydrogen-bond acceptors (Lipinski definition) is 2. The third kappa shape index (κ3) is 4.48. The van der Waals surface area contributed by atoms with Crippen molar-refractivity contribution in [2.45, 2.75) is 40.5 Å². The molecule has 1 aromatic rings. The van der Waals surface area contributed by atoms with E-state index in [9.17, 15) is 0 Å². The van der Waals surface area contributed by atoms with Gasteiger partial charge in [0.1, 0.15) is 11.6 Å². The fourth-order valence-electron chi connectivity index (χ4n) is 2.48. The van der Waals surface area contributed by atoms with Crippen LogP contribution in [0.1, 0.15) is 37.8 Å². The van der Waals surface area contributed by atoms with Gasteiger partial charge in [0, 0.05) is 30.9 Å². The first kappa shape index (κ1) is 18.0. The normalized spacial score (nSPS) is 12.3. The Hall–Kier alpha value is -2.03. The zero-order chi connectivity index (χ0) is 16.7. The quantitative estimate of drug-likeness (QED) is 0.319. The van der Waals surface area contributed by atoms with Crippen LogP contribution in [0.2, 0.25) is 0 Å². The fraction of sp³-hybridized carbons (Fsp3) is 0.421. The Morgan fingerprint density at radius 3 is 2.27 bits per heavy atom. The van der Waals surface area contributed by atoms with Gasteiger partial charge in [-0.3, -0.25) is 0 Å². The van der Waals surface area contributed by atoms with Crippen LogP contribution in [0.5, 0.6) is 0 Å². The lowest BCUT2D eigenvalue weighted by atomic mass is 10.1. The average Bonchev–Trinajstić information content (AvgIpc) is 2.50. The maximum Gasteiger partial charge on any atom is 0.113 e.